The van der Waals surface area contributed by atoms with Crippen LogP contribution in [0.1, 0.15) is 24.3 Å². The summed E-state index contributed by atoms with van der Waals surface area (Å²) >= 11 is 1.15. The number of piperidine rings is 1. The number of nitrogens with zero attached hydrogens (tertiary/aromatic N) is 2. The van der Waals surface area contributed by atoms with Gasteiger partial charge in [-0.25, -0.2) is 13.4 Å². The lowest BCUT2D eigenvalue weighted by molar-refractivity contribution is -0.138. The van der Waals surface area contributed by atoms with E-state index in [-0.39, 0.29) is 23.1 Å². The summed E-state index contributed by atoms with van der Waals surface area (Å²) in [5.41, 5.74) is 0. The Morgan fingerprint density at radius 3 is 2.95 bits per heavy atom. The Bertz CT molecular complexity index is 567. The largest absolute Gasteiger partial charge is 0.481 e. The molecule has 1 aliphatic rings. The van der Waals surface area contributed by atoms with Crippen molar-refractivity contribution in [3.05, 3.63) is 11.2 Å². The van der Waals surface area contributed by atoms with E-state index in [2.05, 4.69) is 4.98 Å². The second kappa shape index (κ2) is 5.56. The number of rotatable bonds is 4. The molecule has 1 fully saturated rings. The molecule has 1 atom stereocenters. The van der Waals surface area contributed by atoms with Gasteiger partial charge < -0.3 is 5.11 Å². The molecule has 1 aliphatic heterocycles. The van der Waals surface area contributed by atoms with E-state index >= 15 is 0 Å². The van der Waals surface area contributed by atoms with Crippen LogP contribution in [0.2, 0.25) is 0 Å². The Morgan fingerprint density at radius 2 is 2.37 bits per heavy atom. The van der Waals surface area contributed by atoms with Crippen LogP contribution in [0.25, 0.3) is 0 Å². The molecule has 1 aromatic rings. The molecule has 1 saturated heterocycles. The van der Waals surface area contributed by atoms with Crippen LogP contribution in [-0.4, -0.2) is 41.9 Å². The Hall–Kier alpha value is -0.990. The molecule has 106 valence electrons. The van der Waals surface area contributed by atoms with Gasteiger partial charge in [-0.2, -0.15) is 4.31 Å². The van der Waals surface area contributed by atoms with Crippen LogP contribution in [0.5, 0.6) is 0 Å². The number of carbonyl (C=O) groups is 1. The summed E-state index contributed by atoms with van der Waals surface area (Å²) in [7, 11) is -3.51. The van der Waals surface area contributed by atoms with Crippen molar-refractivity contribution in [2.24, 2.45) is 5.92 Å². The van der Waals surface area contributed by atoms with Gasteiger partial charge in [-0.05, 0) is 25.7 Å². The molecule has 0 aromatic carbocycles. The summed E-state index contributed by atoms with van der Waals surface area (Å²) in [5.74, 6) is -0.979. The van der Waals surface area contributed by atoms with Gasteiger partial charge in [-0.3, -0.25) is 4.79 Å². The van der Waals surface area contributed by atoms with E-state index in [4.69, 9.17) is 5.11 Å². The lowest BCUT2D eigenvalue weighted by atomic mass is 9.96. The number of hydrogen-bond acceptors (Lipinski definition) is 5. The molecule has 0 amide bonds. The molecule has 2 rings (SSSR count). The van der Waals surface area contributed by atoms with Crippen molar-refractivity contribution >= 4 is 27.3 Å². The molecule has 0 bridgehead atoms. The highest BCUT2D eigenvalue weighted by Crippen LogP contribution is 2.27. The Kier molecular flexibility index (Phi) is 4.22. The van der Waals surface area contributed by atoms with E-state index in [1.807, 2.05) is 0 Å². The number of sulfonamides is 1. The monoisotopic (exact) mass is 304 g/mol. The number of aryl methyl sites for hydroxylation is 1. The lowest BCUT2D eigenvalue weighted by Gasteiger charge is -2.30. The minimum Gasteiger partial charge on any atom is -0.481 e. The second-order valence-corrected chi connectivity index (χ2v) is 8.07. The Labute approximate surface area is 116 Å². The van der Waals surface area contributed by atoms with Gasteiger partial charge in [0.25, 0.3) is 10.0 Å². The molecule has 1 unspecified atom stereocenters. The molecule has 8 heteroatoms. The molecule has 0 radical (unpaired) electrons. The molecular formula is C11H16N2O4S2. The van der Waals surface area contributed by atoms with Crippen molar-refractivity contribution in [1.82, 2.24) is 9.29 Å². The molecule has 0 saturated carbocycles. The average Bonchev–Trinajstić information content (AvgIpc) is 2.76. The van der Waals surface area contributed by atoms with Crippen molar-refractivity contribution in [1.29, 1.82) is 0 Å². The molecule has 1 aromatic heterocycles. The zero-order valence-corrected chi connectivity index (χ0v) is 12.2. The summed E-state index contributed by atoms with van der Waals surface area (Å²) in [5, 5.41) is 9.51. The highest BCUT2D eigenvalue weighted by atomic mass is 32.2. The second-order valence-electron chi connectivity index (χ2n) is 4.67. The third kappa shape index (κ3) is 3.31. The molecule has 6 nitrogen and oxygen atoms in total. The van der Waals surface area contributed by atoms with Gasteiger partial charge in [0.05, 0.1) is 11.2 Å². The van der Waals surface area contributed by atoms with E-state index in [9.17, 15) is 13.2 Å². The highest BCUT2D eigenvalue weighted by molar-refractivity contribution is 7.91. The zero-order chi connectivity index (χ0) is 14.0. The maximum Gasteiger partial charge on any atom is 0.303 e. The van der Waals surface area contributed by atoms with Crippen LogP contribution in [-0.2, 0) is 14.8 Å². The summed E-state index contributed by atoms with van der Waals surface area (Å²) in [6, 6.07) is 0. The van der Waals surface area contributed by atoms with E-state index in [1.54, 1.807) is 6.92 Å². The minimum atomic E-state index is -3.51. The number of aromatic nitrogens is 1. The number of hydrogen-bond donors (Lipinski definition) is 1. The average molecular weight is 304 g/mol. The van der Waals surface area contributed by atoms with Gasteiger partial charge in [0.1, 0.15) is 0 Å². The lowest BCUT2D eigenvalue weighted by Crippen LogP contribution is -2.40. The summed E-state index contributed by atoms with van der Waals surface area (Å²) < 4.78 is 26.4. The van der Waals surface area contributed by atoms with Gasteiger partial charge in [-0.15, -0.1) is 11.3 Å². The fourth-order valence-electron chi connectivity index (χ4n) is 2.25. The Morgan fingerprint density at radius 1 is 1.63 bits per heavy atom. The number of carboxylic acid groups (broad SMARTS) is 1. The third-order valence-electron chi connectivity index (χ3n) is 3.14. The van der Waals surface area contributed by atoms with Gasteiger partial charge in [0, 0.05) is 19.5 Å². The van der Waals surface area contributed by atoms with Crippen molar-refractivity contribution in [3.63, 3.8) is 0 Å². The van der Waals surface area contributed by atoms with Crippen LogP contribution in [0, 0.1) is 12.8 Å². The molecule has 0 spiro atoms. The molecule has 19 heavy (non-hydrogen) atoms. The predicted molar refractivity (Wildman–Crippen MR) is 70.6 cm³/mol. The number of thiazole rings is 1. The fraction of sp³-hybridized carbons (Fsp3) is 0.636. The summed E-state index contributed by atoms with van der Waals surface area (Å²) in [6.07, 6.45) is 2.86. The highest BCUT2D eigenvalue weighted by Gasteiger charge is 2.32. The first-order valence-corrected chi connectivity index (χ1v) is 8.29. The van der Waals surface area contributed by atoms with E-state index < -0.39 is 16.0 Å². The summed E-state index contributed by atoms with van der Waals surface area (Å²) in [6.45, 7) is 2.49. The van der Waals surface area contributed by atoms with Gasteiger partial charge in [0.15, 0.2) is 4.21 Å². The topological polar surface area (TPSA) is 87.6 Å². The standard InChI is InChI=1S/C11H16N2O4S2/c1-8-12-6-11(18-8)19(16,17)13-4-2-3-9(7-13)5-10(14)15/h6,9H,2-5,7H2,1H3,(H,14,15). The van der Waals surface area contributed by atoms with Crippen LogP contribution < -0.4 is 0 Å². The SMILES string of the molecule is Cc1ncc(S(=O)(=O)N2CCCC(CC(=O)O)C2)s1. The smallest absolute Gasteiger partial charge is 0.303 e. The van der Waals surface area contributed by atoms with Crippen molar-refractivity contribution in [2.75, 3.05) is 13.1 Å². The third-order valence-corrected chi connectivity index (χ3v) is 6.35. The van der Waals surface area contributed by atoms with E-state index in [0.29, 0.717) is 18.0 Å². The first kappa shape index (κ1) is 14.4. The maximum absolute atomic E-state index is 12.4. The molecule has 1 N–H and O–H groups in total. The summed E-state index contributed by atoms with van der Waals surface area (Å²) in [4.78, 5) is 14.7. The van der Waals surface area contributed by atoms with Gasteiger partial charge >= 0.3 is 5.97 Å². The van der Waals surface area contributed by atoms with Crippen molar-refractivity contribution in [3.8, 4) is 0 Å². The van der Waals surface area contributed by atoms with Crippen LogP contribution >= 0.6 is 11.3 Å². The van der Waals surface area contributed by atoms with E-state index in [1.165, 1.54) is 10.5 Å². The van der Waals surface area contributed by atoms with Crippen molar-refractivity contribution < 1.29 is 18.3 Å². The first-order chi connectivity index (χ1) is 8.89. The van der Waals surface area contributed by atoms with E-state index in [0.717, 1.165) is 17.8 Å². The van der Waals surface area contributed by atoms with Gasteiger partial charge in [0.2, 0.25) is 0 Å². The first-order valence-electron chi connectivity index (χ1n) is 6.04. The van der Waals surface area contributed by atoms with Crippen LogP contribution in [0.4, 0.5) is 0 Å². The Balaban J connectivity index is 2.14. The number of aliphatic carboxylic acids is 1. The molecule has 2 heterocycles. The zero-order valence-electron chi connectivity index (χ0n) is 10.6. The fourth-order valence-corrected chi connectivity index (χ4v) is 5.07. The normalized spacial score (nSPS) is 21.4. The molecular weight excluding hydrogens is 288 g/mol. The van der Waals surface area contributed by atoms with Crippen LogP contribution in [0.15, 0.2) is 10.4 Å². The van der Waals surface area contributed by atoms with Crippen molar-refractivity contribution in [2.45, 2.75) is 30.4 Å². The molecule has 0 aliphatic carbocycles. The predicted octanol–water partition coefficient (Wildman–Crippen LogP) is 1.33. The quantitative estimate of drug-likeness (QED) is 0.906. The van der Waals surface area contributed by atoms with Gasteiger partial charge in [-0.1, -0.05) is 0 Å². The number of carboxylic acids is 1. The van der Waals surface area contributed by atoms with Crippen LogP contribution in [0.3, 0.4) is 0 Å². The maximum atomic E-state index is 12.4. The minimum absolute atomic E-state index is 0.0216.